The number of aromatic carboxylic acids is 1. The lowest BCUT2D eigenvalue weighted by molar-refractivity contribution is -0.271. The molecule has 4 bridgehead atoms. The monoisotopic (exact) mass is 1530 g/mol. The number of likely N-dealkylation sites (N-methyl/N-ethyl adjacent to an activating group) is 1. The smallest absolute Gasteiger partial charge is 0.409 e. The summed E-state index contributed by atoms with van der Waals surface area (Å²) in [6.07, 6.45) is 4.68. The van der Waals surface area contributed by atoms with Crippen LogP contribution in [-0.2, 0) is 62.3 Å². The lowest BCUT2D eigenvalue weighted by Gasteiger charge is -2.69. The number of fused-ring (bicyclic) bond motifs is 2. The van der Waals surface area contributed by atoms with Crippen molar-refractivity contribution in [1.82, 2.24) is 29.5 Å². The first-order chi connectivity index (χ1) is 51.4. The number of carboxylic acids is 2. The van der Waals surface area contributed by atoms with E-state index in [0.717, 1.165) is 64.9 Å². The van der Waals surface area contributed by atoms with Gasteiger partial charge in [-0.25, -0.2) is 24.4 Å². The van der Waals surface area contributed by atoms with Crippen molar-refractivity contribution in [3.05, 3.63) is 125 Å². The Morgan fingerprint density at radius 3 is 2.27 bits per heavy atom. The maximum atomic E-state index is 14.2. The third-order valence-electron chi connectivity index (χ3n) is 21.1. The third-order valence-corrected chi connectivity index (χ3v) is 23.0. The molecule has 13 rings (SSSR count). The number of ketones is 1. The molecule has 32 heteroatoms. The van der Waals surface area contributed by atoms with Crippen molar-refractivity contribution in [2.24, 2.45) is 16.2 Å². The van der Waals surface area contributed by atoms with Gasteiger partial charge in [0, 0.05) is 99.1 Å². The van der Waals surface area contributed by atoms with Crippen LogP contribution in [-0.4, -0.2) is 201 Å². The van der Waals surface area contributed by atoms with E-state index in [9.17, 15) is 78.2 Å². The van der Waals surface area contributed by atoms with E-state index in [1.54, 1.807) is 55.7 Å². The van der Waals surface area contributed by atoms with Crippen molar-refractivity contribution in [1.29, 1.82) is 0 Å². The number of ether oxygens (including phenoxy) is 5. The number of aliphatic hydroxyl groups excluding tert-OH is 3. The average molecular weight is 1530 g/mol. The fourth-order valence-electron chi connectivity index (χ4n) is 17.3. The number of hydrogen-bond acceptors (Lipinski definition) is 22. The molecule has 576 valence electrons. The zero-order valence-corrected chi connectivity index (χ0v) is 62.1. The molecule has 9 N–H and O–H groups in total. The molecule has 30 nitrogen and oxygen atoms in total. The van der Waals surface area contributed by atoms with Crippen molar-refractivity contribution >= 4 is 99.3 Å². The van der Waals surface area contributed by atoms with Crippen LogP contribution in [0.4, 0.5) is 21.4 Å². The minimum atomic E-state index is -4.25. The highest BCUT2D eigenvalue weighted by Gasteiger charge is 2.66. The Hall–Kier alpha value is -9.30. The van der Waals surface area contributed by atoms with Crippen molar-refractivity contribution in [3.8, 4) is 22.6 Å². The number of para-hydroxylation sites is 1. The quantitative estimate of drug-likeness (QED) is 0.0106. The third kappa shape index (κ3) is 18.2. The van der Waals surface area contributed by atoms with E-state index in [4.69, 9.17) is 33.8 Å². The fraction of sp³-hybridized carbons (Fsp3) is 0.487. The minimum Gasteiger partial charge on any atom is -0.493 e. The number of rotatable bonds is 33. The largest absolute Gasteiger partial charge is 0.493 e. The number of aliphatic carboxylic acids is 1. The Bertz CT molecular complexity index is 4500. The van der Waals surface area contributed by atoms with Gasteiger partial charge in [0.15, 0.2) is 16.9 Å². The predicted molar refractivity (Wildman–Crippen MR) is 394 cm³/mol. The Labute approximate surface area is 626 Å². The van der Waals surface area contributed by atoms with Crippen LogP contribution < -0.4 is 25.0 Å². The second kappa shape index (κ2) is 32.5. The number of hydrogen-bond donors (Lipinski definition) is 9. The molecule has 4 aliphatic carbocycles. The van der Waals surface area contributed by atoms with E-state index in [2.05, 4.69) is 29.5 Å². The lowest BCUT2D eigenvalue weighted by Crippen LogP contribution is -2.64. The molecule has 7 atom stereocenters. The second-order valence-corrected chi connectivity index (χ2v) is 32.9. The number of nitrogens with one attached hydrogen (secondary N) is 2. The molecule has 4 saturated carbocycles. The van der Waals surface area contributed by atoms with Gasteiger partial charge in [-0.05, 0) is 160 Å². The Morgan fingerprint density at radius 2 is 1.54 bits per heavy atom. The first-order valence-corrected chi connectivity index (χ1v) is 38.8. The number of nitrogens with zero attached hydrogens (tertiary/aromatic N) is 7. The summed E-state index contributed by atoms with van der Waals surface area (Å²) in [6.45, 7) is 8.26. The maximum Gasteiger partial charge on any atom is 0.409 e. The van der Waals surface area contributed by atoms with Crippen molar-refractivity contribution in [2.45, 2.75) is 166 Å². The molecule has 1 saturated heterocycles. The molecule has 3 aliphatic heterocycles. The molecule has 7 aliphatic rings. The number of thiazole rings is 1. The fourth-order valence-corrected chi connectivity index (χ4v) is 18.7. The van der Waals surface area contributed by atoms with Crippen LogP contribution in [0.2, 0.25) is 0 Å². The van der Waals surface area contributed by atoms with Crippen LogP contribution in [0.3, 0.4) is 0 Å². The number of unbranched alkanes of at least 4 members (excludes halogenated alkanes) is 2. The zero-order chi connectivity index (χ0) is 77.0. The molecule has 6 aromatic rings. The van der Waals surface area contributed by atoms with Crippen LogP contribution in [0, 0.1) is 23.2 Å². The topological polar surface area (TPSA) is 419 Å². The summed E-state index contributed by atoms with van der Waals surface area (Å²) in [5, 5.41) is 63.0. The average Bonchev–Trinajstić information content (AvgIpc) is 0.830. The first-order valence-electron chi connectivity index (χ1n) is 36.2. The maximum absolute atomic E-state index is 14.2. The van der Waals surface area contributed by atoms with E-state index < -0.39 is 73.7 Å². The summed E-state index contributed by atoms with van der Waals surface area (Å²) < 4.78 is 44.4. The minimum absolute atomic E-state index is 0.0347. The van der Waals surface area contributed by atoms with Gasteiger partial charge in [0.25, 0.3) is 17.7 Å². The summed E-state index contributed by atoms with van der Waals surface area (Å²) in [6, 6.07) is 18.8. The number of anilines is 3. The number of benzene rings is 3. The molecule has 6 heterocycles. The number of Topliss-reactive ketones (excluding diaryl/α,β-unsaturated/α-hetero) is 1. The van der Waals surface area contributed by atoms with Gasteiger partial charge >= 0.3 is 25.6 Å². The molecule has 3 aromatic carbocycles. The second-order valence-electron chi connectivity index (χ2n) is 30.1. The number of amides is 5. The van der Waals surface area contributed by atoms with E-state index in [1.165, 1.54) is 40.5 Å². The van der Waals surface area contributed by atoms with Gasteiger partial charge in [-0.15, -0.1) is 0 Å². The highest BCUT2D eigenvalue weighted by atomic mass is 32.1. The van der Waals surface area contributed by atoms with Gasteiger partial charge in [0.05, 0.1) is 47.1 Å². The van der Waals surface area contributed by atoms with Gasteiger partial charge in [0.2, 0.25) is 12.2 Å². The molecule has 5 fully saturated rings. The first kappa shape index (κ1) is 78.3. The van der Waals surface area contributed by atoms with Crippen LogP contribution in [0.5, 0.6) is 11.5 Å². The summed E-state index contributed by atoms with van der Waals surface area (Å²) in [5.41, 5.74) is 3.73. The number of aliphatic hydroxyl groups is 3. The summed E-state index contributed by atoms with van der Waals surface area (Å²) in [4.78, 5) is 135. The SMILES string of the molecule is Cc1c(-c2ccc(N3CCc4c(OCCCP(=O)(O)O)ccc(C(=O)Nc5nc6ccccc6s5)c4C3)nc2C(=O)O)cnn1CC12CC3(C)CC(C)(C1)CC(OCCN(C)C(=O)OC/C=C/c1ccc(O[C@@H]4O[C@H](C(=O)O)[C@@H](O)[C@H](O)[C@H]4O)c(NC(=O)CCCC(=O)CCCCCN4C(=O)C=CC4=O)c1)(C3)C2. The van der Waals surface area contributed by atoms with Crippen molar-refractivity contribution in [3.63, 3.8) is 0 Å². The van der Waals surface area contributed by atoms with E-state index in [-0.39, 0.29) is 129 Å². The molecule has 0 radical (unpaired) electrons. The number of carboxylic acid groups (broad SMARTS) is 2. The normalized spacial score (nSPS) is 24.3. The summed E-state index contributed by atoms with van der Waals surface area (Å²) in [7, 11) is -2.63. The number of carbonyl (C=O) groups excluding carboxylic acids is 6. The highest BCUT2D eigenvalue weighted by molar-refractivity contribution is 7.51. The van der Waals surface area contributed by atoms with Crippen molar-refractivity contribution in [2.75, 3.05) is 68.2 Å². The predicted octanol–water partition coefficient (Wildman–Crippen LogP) is 8.67. The van der Waals surface area contributed by atoms with Gasteiger partial charge in [-0.2, -0.15) is 5.10 Å². The summed E-state index contributed by atoms with van der Waals surface area (Å²) >= 11 is 1.34. The van der Waals surface area contributed by atoms with Crippen LogP contribution >= 0.6 is 18.9 Å². The number of aromatic nitrogens is 4. The Balaban J connectivity index is 0.661. The molecule has 108 heavy (non-hydrogen) atoms. The summed E-state index contributed by atoms with van der Waals surface area (Å²) in [5.74, 6) is -3.84. The molecule has 3 aromatic heterocycles. The van der Waals surface area contributed by atoms with Crippen LogP contribution in [0.25, 0.3) is 27.4 Å². The van der Waals surface area contributed by atoms with E-state index >= 15 is 0 Å². The van der Waals surface area contributed by atoms with E-state index in [0.29, 0.717) is 83.3 Å². The Morgan fingerprint density at radius 1 is 0.796 bits per heavy atom. The van der Waals surface area contributed by atoms with Gasteiger partial charge < -0.3 is 74.1 Å². The molecule has 2 unspecified atom stereocenters. The molecular formula is C76H90N9O21PS. The standard InChI is InChI=1S/C76H90N9O21PS/c1-45-51(49-21-24-58(80-62(49)68(94)95)83-29-27-48-52(37-83)50(20-23-55(48)102-32-12-34-107(99,100)101)67(93)81-71-79-53-16-7-8-17-57(53)108-71)36-77-85(45)44-75-39-73(2)38-74(3,40-75)42-76(41-73,43-75)104-33-30-82(4)72(98)103-31-11-13-46-19-22-56(105-70-65(92)63(90)64(91)66(106-70)69(96)97)54(35-46)78-59(87)18-10-15-47(86)14-6-5-9-28-84-60(88)25-26-61(84)89/h7-8,11,13,16-17,19-26,35-36,63-66,70,90-92H,5-6,9-10,12,14-15,18,27-34,37-44H2,1-4H3,(H,78,87)(H,94,95)(H,96,97)(H,79,81,93)(H2,99,100,101)/b13-11+/t63-,64-,65+,66-,70+,73?,74?,75?,76?/m0/s1. The molecule has 0 spiro atoms. The van der Waals surface area contributed by atoms with Crippen molar-refractivity contribution < 1.29 is 102 Å². The molecular weight excluding hydrogens is 1440 g/mol. The lowest BCUT2D eigenvalue weighted by atomic mass is 9.39. The Kier molecular flexibility index (Phi) is 23.5. The van der Waals surface area contributed by atoms with Crippen LogP contribution in [0.15, 0.2) is 91.2 Å². The van der Waals surface area contributed by atoms with E-state index in [1.807, 2.05) is 40.8 Å². The number of pyridine rings is 1. The highest BCUT2D eigenvalue weighted by Crippen LogP contribution is 2.72. The molecule has 5 amide bonds. The number of imide groups is 1. The van der Waals surface area contributed by atoms with Crippen LogP contribution in [0.1, 0.15) is 147 Å². The zero-order valence-electron chi connectivity index (χ0n) is 60.4. The number of carbonyl (C=O) groups is 8. The van der Waals surface area contributed by atoms with Gasteiger partial charge in [0.1, 0.15) is 48.0 Å². The van der Waals surface area contributed by atoms with Gasteiger partial charge in [-0.1, -0.05) is 55.9 Å². The van der Waals surface area contributed by atoms with Gasteiger partial charge in [-0.3, -0.25) is 43.4 Å².